The van der Waals surface area contributed by atoms with Gasteiger partial charge in [0.05, 0.1) is 25.1 Å². The van der Waals surface area contributed by atoms with Gasteiger partial charge in [0, 0.05) is 11.1 Å². The van der Waals surface area contributed by atoms with E-state index in [1.807, 2.05) is 49.4 Å². The van der Waals surface area contributed by atoms with Crippen LogP contribution in [0, 0.1) is 0 Å². The van der Waals surface area contributed by atoms with Crippen LogP contribution >= 0.6 is 11.3 Å². The second kappa shape index (κ2) is 10.1. The molecule has 0 spiro atoms. The summed E-state index contributed by atoms with van der Waals surface area (Å²) in [6, 6.07) is 19.9. The van der Waals surface area contributed by atoms with E-state index in [9.17, 15) is 4.79 Å². The Kier molecular flexibility index (Phi) is 7.27. The first kappa shape index (κ1) is 20.9. The largest absolute Gasteiger partial charge is 0.497 e. The van der Waals surface area contributed by atoms with E-state index in [1.54, 1.807) is 25.6 Å². The number of nitrogens with one attached hydrogen (secondary N) is 1. The number of hydrogen-bond acceptors (Lipinski definition) is 4. The molecule has 152 valence electrons. The van der Waals surface area contributed by atoms with Gasteiger partial charge in [-0.15, -0.1) is 11.3 Å². The minimum Gasteiger partial charge on any atom is -0.497 e. The summed E-state index contributed by atoms with van der Waals surface area (Å²) in [5.74, 6) is 1.43. The molecule has 3 N–H and O–H groups in total. The quantitative estimate of drug-likeness (QED) is 0.568. The normalized spacial score (nSPS) is 12.8. The second-order valence-electron chi connectivity index (χ2n) is 6.74. The van der Waals surface area contributed by atoms with Gasteiger partial charge in [-0.2, -0.15) is 0 Å². The van der Waals surface area contributed by atoms with Crippen LogP contribution in [-0.4, -0.2) is 26.7 Å². The molecule has 1 amide bonds. The molecular weight excluding hydrogens is 384 g/mol. The lowest BCUT2D eigenvalue weighted by Crippen LogP contribution is -2.87. The summed E-state index contributed by atoms with van der Waals surface area (Å²) in [4.78, 5) is 13.9. The number of amides is 1. The molecular formula is C23H27N2O3S+. The van der Waals surface area contributed by atoms with Crippen molar-refractivity contribution < 1.29 is 19.6 Å². The number of carbonyl (C=O) groups is 1. The maximum Gasteiger partial charge on any atom is 0.275 e. The number of methoxy groups -OCH3 is 2. The Labute approximate surface area is 175 Å². The van der Waals surface area contributed by atoms with Crippen molar-refractivity contribution in [2.24, 2.45) is 0 Å². The van der Waals surface area contributed by atoms with Crippen LogP contribution in [0.25, 0.3) is 0 Å². The number of quaternary nitrogens is 1. The molecule has 3 aromatic rings. The Bertz CT molecular complexity index is 913. The van der Waals surface area contributed by atoms with E-state index in [0.29, 0.717) is 6.54 Å². The SMILES string of the molecule is COc1ccc(OC)c([C@H](C)NC(=O)C[NH2+][C@H](c2ccccc2)c2cccs2)c1. The number of rotatable bonds is 9. The van der Waals surface area contributed by atoms with E-state index in [-0.39, 0.29) is 18.0 Å². The smallest absolute Gasteiger partial charge is 0.275 e. The molecule has 0 aliphatic rings. The van der Waals surface area contributed by atoms with Gasteiger partial charge < -0.3 is 20.1 Å². The van der Waals surface area contributed by atoms with Gasteiger partial charge in [-0.05, 0) is 36.6 Å². The second-order valence-corrected chi connectivity index (χ2v) is 7.72. The van der Waals surface area contributed by atoms with E-state index in [0.717, 1.165) is 17.1 Å². The Morgan fingerprint density at radius 3 is 2.52 bits per heavy atom. The monoisotopic (exact) mass is 411 g/mol. The van der Waals surface area contributed by atoms with Crippen LogP contribution in [0.5, 0.6) is 11.5 Å². The Morgan fingerprint density at radius 1 is 1.07 bits per heavy atom. The number of hydrogen-bond donors (Lipinski definition) is 2. The Morgan fingerprint density at radius 2 is 1.86 bits per heavy atom. The fourth-order valence-electron chi connectivity index (χ4n) is 3.33. The Hall–Kier alpha value is -2.83. The van der Waals surface area contributed by atoms with Gasteiger partial charge in [-0.1, -0.05) is 36.4 Å². The average molecular weight is 412 g/mol. The molecule has 2 atom stereocenters. The maximum absolute atomic E-state index is 12.7. The summed E-state index contributed by atoms with van der Waals surface area (Å²) < 4.78 is 10.7. The number of ether oxygens (including phenoxy) is 2. The highest BCUT2D eigenvalue weighted by Crippen LogP contribution is 2.29. The van der Waals surface area contributed by atoms with Crippen molar-refractivity contribution in [2.45, 2.75) is 19.0 Å². The summed E-state index contributed by atoms with van der Waals surface area (Å²) in [6.45, 7) is 2.28. The molecule has 0 radical (unpaired) electrons. The molecule has 0 unspecified atom stereocenters. The van der Waals surface area contributed by atoms with Gasteiger partial charge >= 0.3 is 0 Å². The van der Waals surface area contributed by atoms with Gasteiger partial charge in [0.15, 0.2) is 6.54 Å². The van der Waals surface area contributed by atoms with Crippen LogP contribution in [0.3, 0.4) is 0 Å². The van der Waals surface area contributed by atoms with E-state index >= 15 is 0 Å². The third-order valence-corrected chi connectivity index (χ3v) is 5.78. The zero-order valence-corrected chi connectivity index (χ0v) is 17.7. The average Bonchev–Trinajstić information content (AvgIpc) is 3.28. The summed E-state index contributed by atoms with van der Waals surface area (Å²) in [5.41, 5.74) is 2.07. The van der Waals surface area contributed by atoms with Gasteiger partial charge in [0.2, 0.25) is 0 Å². The molecule has 0 bridgehead atoms. The third kappa shape index (κ3) is 5.37. The summed E-state index contributed by atoms with van der Waals surface area (Å²) in [7, 11) is 3.25. The van der Waals surface area contributed by atoms with Crippen molar-refractivity contribution in [1.29, 1.82) is 0 Å². The fourth-order valence-corrected chi connectivity index (χ4v) is 4.18. The molecule has 5 nitrogen and oxygen atoms in total. The van der Waals surface area contributed by atoms with E-state index in [2.05, 4.69) is 34.2 Å². The van der Waals surface area contributed by atoms with Crippen LogP contribution in [-0.2, 0) is 4.79 Å². The van der Waals surface area contributed by atoms with E-state index < -0.39 is 0 Å². The highest BCUT2D eigenvalue weighted by Gasteiger charge is 2.21. The van der Waals surface area contributed by atoms with Crippen molar-refractivity contribution in [3.63, 3.8) is 0 Å². The van der Waals surface area contributed by atoms with Crippen molar-refractivity contribution in [2.75, 3.05) is 20.8 Å². The topological polar surface area (TPSA) is 64.2 Å². The van der Waals surface area contributed by atoms with Crippen LogP contribution in [0.4, 0.5) is 0 Å². The van der Waals surface area contributed by atoms with Crippen LogP contribution in [0.1, 0.15) is 35.0 Å². The number of nitrogens with two attached hydrogens (primary N) is 1. The highest BCUT2D eigenvalue weighted by atomic mass is 32.1. The summed E-state index contributed by atoms with van der Waals surface area (Å²) in [5, 5.41) is 7.21. The van der Waals surface area contributed by atoms with Crippen molar-refractivity contribution in [1.82, 2.24) is 5.32 Å². The molecule has 29 heavy (non-hydrogen) atoms. The minimum atomic E-state index is -0.196. The first-order valence-electron chi connectivity index (χ1n) is 9.55. The lowest BCUT2D eigenvalue weighted by Gasteiger charge is -2.19. The number of thiophene rings is 1. The predicted octanol–water partition coefficient (Wildman–Crippen LogP) is 3.30. The zero-order valence-electron chi connectivity index (χ0n) is 16.9. The Balaban J connectivity index is 1.67. The van der Waals surface area contributed by atoms with Gasteiger partial charge in [-0.25, -0.2) is 0 Å². The molecule has 1 heterocycles. The van der Waals surface area contributed by atoms with Crippen molar-refractivity contribution in [3.05, 3.63) is 82.0 Å². The minimum absolute atomic E-state index is 0.0279. The molecule has 0 saturated heterocycles. The highest BCUT2D eigenvalue weighted by molar-refractivity contribution is 7.10. The van der Waals surface area contributed by atoms with Crippen LogP contribution in [0.2, 0.25) is 0 Å². The number of carbonyl (C=O) groups excluding carboxylic acids is 1. The standard InChI is InChI=1S/C23H26N2O3S/c1-16(19-14-18(27-2)11-12-20(19)28-3)25-22(26)15-24-23(21-10-7-13-29-21)17-8-5-4-6-9-17/h4-14,16,23-24H,15H2,1-3H3,(H,25,26)/p+1/t16-,23+/m0/s1. The first-order valence-corrected chi connectivity index (χ1v) is 10.4. The van der Waals surface area contributed by atoms with Gasteiger partial charge in [0.1, 0.15) is 17.5 Å². The van der Waals surface area contributed by atoms with E-state index in [1.165, 1.54) is 10.4 Å². The summed E-state index contributed by atoms with van der Waals surface area (Å²) >= 11 is 1.70. The lowest BCUT2D eigenvalue weighted by molar-refractivity contribution is -0.676. The summed E-state index contributed by atoms with van der Waals surface area (Å²) in [6.07, 6.45) is 0. The fraction of sp³-hybridized carbons (Fsp3) is 0.261. The van der Waals surface area contributed by atoms with Gasteiger partial charge in [-0.3, -0.25) is 4.79 Å². The molecule has 3 rings (SSSR count). The maximum atomic E-state index is 12.7. The molecule has 6 heteroatoms. The zero-order chi connectivity index (χ0) is 20.6. The first-order chi connectivity index (χ1) is 14.1. The molecule has 2 aromatic carbocycles. The molecule has 0 aliphatic carbocycles. The predicted molar refractivity (Wildman–Crippen MR) is 116 cm³/mol. The molecule has 1 aromatic heterocycles. The third-order valence-electron chi connectivity index (χ3n) is 4.83. The number of benzene rings is 2. The van der Waals surface area contributed by atoms with Gasteiger partial charge in [0.25, 0.3) is 5.91 Å². The molecule has 0 saturated carbocycles. The van der Waals surface area contributed by atoms with Crippen molar-refractivity contribution in [3.8, 4) is 11.5 Å². The van der Waals surface area contributed by atoms with Crippen LogP contribution < -0.4 is 20.1 Å². The molecule has 0 aliphatic heterocycles. The molecule has 0 fully saturated rings. The van der Waals surface area contributed by atoms with Crippen LogP contribution in [0.15, 0.2) is 66.0 Å². The van der Waals surface area contributed by atoms with Crippen molar-refractivity contribution >= 4 is 17.2 Å². The van der Waals surface area contributed by atoms with E-state index in [4.69, 9.17) is 9.47 Å². The lowest BCUT2D eigenvalue weighted by atomic mass is 10.1.